The molecule has 130 valence electrons. The van der Waals surface area contributed by atoms with E-state index in [1.165, 1.54) is 17.0 Å². The fourth-order valence-corrected chi connectivity index (χ4v) is 3.26. The van der Waals surface area contributed by atoms with Crippen LogP contribution in [0.25, 0.3) is 0 Å². The molecule has 0 bridgehead atoms. The van der Waals surface area contributed by atoms with Gasteiger partial charge < -0.3 is 4.74 Å². The molecular formula is C19H18FNO3S. The Morgan fingerprint density at radius 2 is 1.88 bits per heavy atom. The predicted octanol–water partition coefficient (Wildman–Crippen LogP) is 3.75. The molecule has 0 unspecified atom stereocenters. The van der Waals surface area contributed by atoms with E-state index >= 15 is 0 Å². The molecule has 1 aliphatic heterocycles. The van der Waals surface area contributed by atoms with Crippen LogP contribution in [0.4, 0.5) is 4.39 Å². The smallest absolute Gasteiger partial charge is 0.261 e. The van der Waals surface area contributed by atoms with Gasteiger partial charge in [-0.3, -0.25) is 14.5 Å². The third-order valence-electron chi connectivity index (χ3n) is 3.90. The van der Waals surface area contributed by atoms with Crippen molar-refractivity contribution in [2.75, 3.05) is 18.1 Å². The Labute approximate surface area is 150 Å². The van der Waals surface area contributed by atoms with Gasteiger partial charge >= 0.3 is 0 Å². The van der Waals surface area contributed by atoms with Crippen LogP contribution >= 0.6 is 11.8 Å². The van der Waals surface area contributed by atoms with Crippen molar-refractivity contribution < 1.29 is 18.7 Å². The lowest BCUT2D eigenvalue weighted by atomic mass is 10.1. The molecular weight excluding hydrogens is 341 g/mol. The monoisotopic (exact) mass is 359 g/mol. The molecule has 0 atom stereocenters. The van der Waals surface area contributed by atoms with E-state index in [9.17, 15) is 14.0 Å². The number of rotatable bonds is 7. The van der Waals surface area contributed by atoms with E-state index in [-0.39, 0.29) is 24.2 Å². The Bertz CT molecular complexity index is 809. The number of carbonyl (C=O) groups is 2. The number of hydrogen-bond acceptors (Lipinski definition) is 4. The summed E-state index contributed by atoms with van der Waals surface area (Å²) in [6, 6.07) is 11.0. The van der Waals surface area contributed by atoms with Gasteiger partial charge in [0.25, 0.3) is 11.8 Å². The maximum absolute atomic E-state index is 13.2. The van der Waals surface area contributed by atoms with Gasteiger partial charge in [-0.2, -0.15) is 11.8 Å². The highest BCUT2D eigenvalue weighted by molar-refractivity contribution is 7.99. The van der Waals surface area contributed by atoms with Crippen LogP contribution in [0.5, 0.6) is 5.75 Å². The van der Waals surface area contributed by atoms with Crippen molar-refractivity contribution in [3.63, 3.8) is 0 Å². The summed E-state index contributed by atoms with van der Waals surface area (Å²) in [5.74, 6) is 1.29. The fraction of sp³-hybridized carbons (Fsp3) is 0.263. The lowest BCUT2D eigenvalue weighted by Gasteiger charge is -2.12. The van der Waals surface area contributed by atoms with Gasteiger partial charge in [0.1, 0.15) is 18.2 Å². The van der Waals surface area contributed by atoms with Crippen LogP contribution in [-0.2, 0) is 6.61 Å². The second-order valence-electron chi connectivity index (χ2n) is 5.58. The summed E-state index contributed by atoms with van der Waals surface area (Å²) in [5, 5.41) is 0. The third-order valence-corrected chi connectivity index (χ3v) is 4.78. The van der Waals surface area contributed by atoms with Crippen LogP contribution in [0.15, 0.2) is 42.5 Å². The van der Waals surface area contributed by atoms with Crippen molar-refractivity contribution >= 4 is 23.6 Å². The number of nitrogens with zero attached hydrogens (tertiary/aromatic N) is 1. The van der Waals surface area contributed by atoms with Gasteiger partial charge in [-0.25, -0.2) is 4.39 Å². The Morgan fingerprint density at radius 1 is 1.08 bits per heavy atom. The highest BCUT2D eigenvalue weighted by Gasteiger charge is 2.35. The number of hydrogen-bond donors (Lipinski definition) is 0. The van der Waals surface area contributed by atoms with Crippen molar-refractivity contribution in [2.24, 2.45) is 0 Å². The number of benzene rings is 2. The highest BCUT2D eigenvalue weighted by Crippen LogP contribution is 2.27. The lowest BCUT2D eigenvalue weighted by molar-refractivity contribution is 0.0664. The van der Waals surface area contributed by atoms with E-state index in [0.717, 1.165) is 11.5 Å². The van der Waals surface area contributed by atoms with Crippen molar-refractivity contribution in [2.45, 2.75) is 13.5 Å². The Hall–Kier alpha value is -2.34. The van der Waals surface area contributed by atoms with Crippen LogP contribution in [0, 0.1) is 5.82 Å². The van der Waals surface area contributed by atoms with Crippen LogP contribution in [-0.4, -0.2) is 34.8 Å². The van der Waals surface area contributed by atoms with Gasteiger partial charge in [0, 0.05) is 12.3 Å². The Kier molecular flexibility index (Phi) is 5.38. The van der Waals surface area contributed by atoms with Gasteiger partial charge in [-0.05, 0) is 41.6 Å². The minimum absolute atomic E-state index is 0.190. The molecule has 2 aromatic rings. The van der Waals surface area contributed by atoms with Crippen LogP contribution in [0.3, 0.4) is 0 Å². The summed E-state index contributed by atoms with van der Waals surface area (Å²) in [6.45, 7) is 2.63. The quantitative estimate of drug-likeness (QED) is 0.558. The van der Waals surface area contributed by atoms with Crippen molar-refractivity contribution in [3.8, 4) is 5.75 Å². The number of thioether (sulfide) groups is 1. The molecule has 0 spiro atoms. The molecule has 0 N–H and O–H groups in total. The number of ether oxygens (including phenoxy) is 1. The van der Waals surface area contributed by atoms with Crippen LogP contribution < -0.4 is 4.74 Å². The topological polar surface area (TPSA) is 46.6 Å². The zero-order valence-electron chi connectivity index (χ0n) is 13.8. The first-order chi connectivity index (χ1) is 12.1. The molecule has 3 rings (SSSR count). The van der Waals surface area contributed by atoms with Gasteiger partial charge in [-0.1, -0.05) is 19.1 Å². The molecule has 0 saturated heterocycles. The maximum Gasteiger partial charge on any atom is 0.261 e. The molecule has 0 radical (unpaired) electrons. The minimum atomic E-state index is -0.323. The largest absolute Gasteiger partial charge is 0.489 e. The zero-order valence-corrected chi connectivity index (χ0v) is 14.6. The first-order valence-corrected chi connectivity index (χ1v) is 9.21. The van der Waals surface area contributed by atoms with Gasteiger partial charge in [-0.15, -0.1) is 0 Å². The summed E-state index contributed by atoms with van der Waals surface area (Å²) in [4.78, 5) is 26.1. The van der Waals surface area contributed by atoms with Crippen molar-refractivity contribution in [3.05, 3.63) is 65.0 Å². The number of imide groups is 1. The Balaban J connectivity index is 1.71. The number of fused-ring (bicyclic) bond motifs is 1. The predicted molar refractivity (Wildman–Crippen MR) is 95.5 cm³/mol. The van der Waals surface area contributed by atoms with Crippen molar-refractivity contribution in [1.82, 2.24) is 4.90 Å². The molecule has 2 aromatic carbocycles. The average Bonchev–Trinajstić information content (AvgIpc) is 2.85. The van der Waals surface area contributed by atoms with E-state index < -0.39 is 0 Å². The maximum atomic E-state index is 13.2. The molecule has 4 nitrogen and oxygen atoms in total. The summed E-state index contributed by atoms with van der Waals surface area (Å²) in [7, 11) is 0. The molecule has 0 saturated carbocycles. The van der Waals surface area contributed by atoms with E-state index in [4.69, 9.17) is 4.74 Å². The molecule has 1 heterocycles. The van der Waals surface area contributed by atoms with E-state index in [2.05, 4.69) is 0 Å². The molecule has 0 aliphatic carbocycles. The SMILES string of the molecule is CCSCCN1C(=O)c2ccc(OCc3cccc(F)c3)cc2C1=O. The van der Waals surface area contributed by atoms with Gasteiger partial charge in [0.2, 0.25) is 0 Å². The second kappa shape index (κ2) is 7.70. The fourth-order valence-electron chi connectivity index (χ4n) is 2.66. The molecule has 0 fully saturated rings. The number of carbonyl (C=O) groups excluding carboxylic acids is 2. The molecule has 1 aliphatic rings. The van der Waals surface area contributed by atoms with Crippen LogP contribution in [0.1, 0.15) is 33.2 Å². The summed E-state index contributed by atoms with van der Waals surface area (Å²) >= 11 is 1.69. The van der Waals surface area contributed by atoms with E-state index in [1.54, 1.807) is 42.1 Å². The molecule has 2 amide bonds. The average molecular weight is 359 g/mol. The van der Waals surface area contributed by atoms with Gasteiger partial charge in [0.05, 0.1) is 11.1 Å². The second-order valence-corrected chi connectivity index (χ2v) is 6.98. The van der Waals surface area contributed by atoms with Crippen molar-refractivity contribution in [1.29, 1.82) is 0 Å². The summed E-state index contributed by atoms with van der Waals surface area (Å²) in [5.41, 5.74) is 1.47. The number of halogens is 1. The first kappa shape index (κ1) is 17.5. The first-order valence-electron chi connectivity index (χ1n) is 8.05. The zero-order chi connectivity index (χ0) is 17.8. The molecule has 0 aromatic heterocycles. The molecule has 6 heteroatoms. The highest BCUT2D eigenvalue weighted by atomic mass is 32.2. The lowest BCUT2D eigenvalue weighted by Crippen LogP contribution is -2.31. The summed E-state index contributed by atoms with van der Waals surface area (Å²) < 4.78 is 18.8. The van der Waals surface area contributed by atoms with Gasteiger partial charge in [0.15, 0.2) is 0 Å². The third kappa shape index (κ3) is 3.85. The van der Waals surface area contributed by atoms with Crippen LogP contribution in [0.2, 0.25) is 0 Å². The summed E-state index contributed by atoms with van der Waals surface area (Å²) in [6.07, 6.45) is 0. The van der Waals surface area contributed by atoms with E-state index in [0.29, 0.717) is 29.0 Å². The Morgan fingerprint density at radius 3 is 2.64 bits per heavy atom. The minimum Gasteiger partial charge on any atom is -0.489 e. The van der Waals surface area contributed by atoms with E-state index in [1.807, 2.05) is 6.92 Å². The standard InChI is InChI=1S/C19H18FNO3S/c1-2-25-9-8-21-18(22)16-7-6-15(11-17(16)19(21)23)24-12-13-4-3-5-14(20)10-13/h3-7,10-11H,2,8-9,12H2,1H3. The normalized spacial score (nSPS) is 13.3. The molecule has 25 heavy (non-hydrogen) atoms. The number of amides is 2.